The molecular weight excluding hydrogens is 444 g/mol. The van der Waals surface area contributed by atoms with E-state index in [0.29, 0.717) is 27.3 Å². The largest absolute Gasteiger partial charge is 0.439 e. The van der Waals surface area contributed by atoms with Gasteiger partial charge >= 0.3 is 18.0 Å². The minimum Gasteiger partial charge on any atom is -0.338 e. The Hall–Kier alpha value is -2.74. The summed E-state index contributed by atoms with van der Waals surface area (Å²) < 4.78 is 83.0. The van der Waals surface area contributed by atoms with Crippen LogP contribution in [0.25, 0.3) is 0 Å². The smallest absolute Gasteiger partial charge is 0.338 e. The molecular formula is C20H19F6N3OS. The molecule has 0 spiro atoms. The molecule has 0 saturated carbocycles. The fourth-order valence-electron chi connectivity index (χ4n) is 3.03. The van der Waals surface area contributed by atoms with E-state index in [1.54, 1.807) is 43.3 Å². The molecule has 0 bridgehead atoms. The lowest BCUT2D eigenvalue weighted by Gasteiger charge is -2.38. The summed E-state index contributed by atoms with van der Waals surface area (Å²) in [4.78, 5) is 12.6. The summed E-state index contributed by atoms with van der Waals surface area (Å²) >= 11 is 0.602. The molecule has 2 N–H and O–H groups in total. The number of hydrogen-bond acceptors (Lipinski definition) is 4. The maximum atomic E-state index is 13.8. The molecule has 1 aromatic heterocycles. The van der Waals surface area contributed by atoms with E-state index in [0.717, 1.165) is 5.32 Å². The predicted molar refractivity (Wildman–Crippen MR) is 105 cm³/mol. The number of nitrogens with one attached hydrogen (secondary N) is 2. The standard InChI is InChI=1S/C20H19F6N3OS/c1-3-14-12(2)31-17(15(14)11-27)29-18(19(21,22)23,20(24,25)26)28-16(30)10-9-13-7-5-4-6-8-13/h4-8,29H,3,9-10H2,1-2H3,(H,28,30). The summed E-state index contributed by atoms with van der Waals surface area (Å²) in [6, 6.07) is 9.83. The van der Waals surface area contributed by atoms with E-state index in [1.807, 2.05) is 0 Å². The molecule has 0 aliphatic carbocycles. The lowest BCUT2D eigenvalue weighted by Crippen LogP contribution is -2.72. The molecule has 0 unspecified atom stereocenters. The van der Waals surface area contributed by atoms with E-state index in [1.165, 1.54) is 12.2 Å². The predicted octanol–water partition coefficient (Wildman–Crippen LogP) is 5.47. The van der Waals surface area contributed by atoms with Crippen molar-refractivity contribution < 1.29 is 31.1 Å². The molecule has 1 heterocycles. The molecule has 0 saturated heterocycles. The molecule has 4 nitrogen and oxygen atoms in total. The van der Waals surface area contributed by atoms with Crippen molar-refractivity contribution >= 4 is 22.2 Å². The Balaban J connectivity index is 2.43. The SMILES string of the molecule is CCc1c(C)sc(NC(NC(=O)CCc2ccccc2)(C(F)(F)F)C(F)(F)F)c1C#N. The first kappa shape index (κ1) is 24.5. The van der Waals surface area contributed by atoms with Gasteiger partial charge in [0.25, 0.3) is 0 Å². The van der Waals surface area contributed by atoms with Crippen molar-refractivity contribution in [3.8, 4) is 6.07 Å². The van der Waals surface area contributed by atoms with Crippen LogP contribution in [0.15, 0.2) is 30.3 Å². The maximum absolute atomic E-state index is 13.8. The average molecular weight is 463 g/mol. The number of nitriles is 1. The van der Waals surface area contributed by atoms with Gasteiger partial charge in [-0.3, -0.25) is 4.79 Å². The number of aryl methyl sites for hydroxylation is 2. The van der Waals surface area contributed by atoms with Crippen LogP contribution < -0.4 is 10.6 Å². The molecule has 11 heteroatoms. The van der Waals surface area contributed by atoms with E-state index in [-0.39, 0.29) is 18.4 Å². The highest BCUT2D eigenvalue weighted by Crippen LogP contribution is 2.46. The summed E-state index contributed by atoms with van der Waals surface area (Å²) in [5.74, 6) is -1.44. The van der Waals surface area contributed by atoms with Gasteiger partial charge in [-0.1, -0.05) is 37.3 Å². The molecule has 1 aromatic carbocycles. The summed E-state index contributed by atoms with van der Waals surface area (Å²) in [5.41, 5.74) is -4.12. The minimum atomic E-state index is -5.94. The fraction of sp³-hybridized carbons (Fsp3) is 0.400. The Labute approximate surface area is 178 Å². The first-order valence-corrected chi connectivity index (χ1v) is 9.96. The van der Waals surface area contributed by atoms with Gasteiger partial charge in [-0.2, -0.15) is 31.6 Å². The van der Waals surface area contributed by atoms with Crippen LogP contribution in [0.1, 0.15) is 34.9 Å². The topological polar surface area (TPSA) is 64.9 Å². The molecule has 0 aliphatic heterocycles. The van der Waals surface area contributed by atoms with Crippen LogP contribution in [0.4, 0.5) is 31.3 Å². The first-order chi connectivity index (χ1) is 14.4. The normalized spacial score (nSPS) is 12.4. The molecule has 0 aliphatic rings. The van der Waals surface area contributed by atoms with Crippen LogP contribution in [0.3, 0.4) is 0 Å². The second-order valence-corrected chi connectivity index (χ2v) is 7.94. The quantitative estimate of drug-likeness (QED) is 0.423. The number of thiophene rings is 1. The van der Waals surface area contributed by atoms with E-state index in [9.17, 15) is 36.4 Å². The molecule has 31 heavy (non-hydrogen) atoms. The number of carbonyl (C=O) groups is 1. The van der Waals surface area contributed by atoms with Crippen LogP contribution in [0.5, 0.6) is 0 Å². The van der Waals surface area contributed by atoms with Gasteiger partial charge in [0, 0.05) is 11.3 Å². The highest BCUT2D eigenvalue weighted by atomic mass is 32.1. The van der Waals surface area contributed by atoms with E-state index < -0.39 is 35.3 Å². The summed E-state index contributed by atoms with van der Waals surface area (Å²) in [6.45, 7) is 3.13. The summed E-state index contributed by atoms with van der Waals surface area (Å²) in [6.07, 6.45) is -12.3. The number of alkyl halides is 6. The van der Waals surface area contributed by atoms with Crippen LogP contribution in [0.2, 0.25) is 0 Å². The van der Waals surface area contributed by atoms with Gasteiger partial charge in [-0.15, -0.1) is 11.3 Å². The average Bonchev–Trinajstić information content (AvgIpc) is 2.98. The van der Waals surface area contributed by atoms with Gasteiger partial charge in [0.15, 0.2) is 0 Å². The Kier molecular flexibility index (Phi) is 7.26. The first-order valence-electron chi connectivity index (χ1n) is 9.15. The van der Waals surface area contributed by atoms with Gasteiger partial charge < -0.3 is 10.6 Å². The van der Waals surface area contributed by atoms with Crippen molar-refractivity contribution in [2.24, 2.45) is 0 Å². The zero-order valence-electron chi connectivity index (χ0n) is 16.5. The summed E-state index contributed by atoms with van der Waals surface area (Å²) in [7, 11) is 0. The molecule has 168 valence electrons. The minimum absolute atomic E-state index is 0.0417. The summed E-state index contributed by atoms with van der Waals surface area (Å²) in [5, 5.41) is 11.3. The third kappa shape index (κ3) is 5.12. The molecule has 1 amide bonds. The number of amides is 1. The van der Waals surface area contributed by atoms with Gasteiger partial charge in [0.1, 0.15) is 11.1 Å². The van der Waals surface area contributed by atoms with Crippen LogP contribution >= 0.6 is 11.3 Å². The second kappa shape index (κ2) is 9.18. The number of hydrogen-bond donors (Lipinski definition) is 2. The maximum Gasteiger partial charge on any atom is 0.439 e. The molecule has 0 fully saturated rings. The third-order valence-corrected chi connectivity index (χ3v) is 5.70. The molecule has 2 rings (SSSR count). The second-order valence-electron chi connectivity index (χ2n) is 6.71. The van der Waals surface area contributed by atoms with Crippen molar-refractivity contribution in [3.63, 3.8) is 0 Å². The highest BCUT2D eigenvalue weighted by molar-refractivity contribution is 7.16. The lowest BCUT2D eigenvalue weighted by molar-refractivity contribution is -0.295. The van der Waals surface area contributed by atoms with Gasteiger partial charge in [-0.05, 0) is 30.9 Å². The van der Waals surface area contributed by atoms with Crippen molar-refractivity contribution in [2.45, 2.75) is 51.1 Å². The zero-order chi connectivity index (χ0) is 23.4. The highest BCUT2D eigenvalue weighted by Gasteiger charge is 2.72. The number of halogens is 6. The van der Waals surface area contributed by atoms with E-state index >= 15 is 0 Å². The van der Waals surface area contributed by atoms with E-state index in [2.05, 4.69) is 0 Å². The number of nitrogens with zero attached hydrogens (tertiary/aromatic N) is 1. The van der Waals surface area contributed by atoms with Gasteiger partial charge in [0.05, 0.1) is 5.56 Å². The van der Waals surface area contributed by atoms with Crippen LogP contribution in [0, 0.1) is 18.3 Å². The van der Waals surface area contributed by atoms with E-state index in [4.69, 9.17) is 0 Å². The Morgan fingerprint density at radius 2 is 1.68 bits per heavy atom. The third-order valence-electron chi connectivity index (χ3n) is 4.64. The monoisotopic (exact) mass is 463 g/mol. The van der Waals surface area contributed by atoms with Gasteiger partial charge in [0.2, 0.25) is 5.91 Å². The number of carbonyl (C=O) groups excluding carboxylic acids is 1. The number of anilines is 1. The Morgan fingerprint density at radius 3 is 2.16 bits per heavy atom. The number of rotatable bonds is 7. The van der Waals surface area contributed by atoms with Crippen molar-refractivity contribution in [3.05, 3.63) is 51.9 Å². The fourth-order valence-corrected chi connectivity index (χ4v) is 4.18. The van der Waals surface area contributed by atoms with Crippen LogP contribution in [-0.2, 0) is 17.6 Å². The Morgan fingerprint density at radius 1 is 1.10 bits per heavy atom. The van der Waals surface area contributed by atoms with Crippen molar-refractivity contribution in [1.82, 2.24) is 5.32 Å². The molecule has 0 radical (unpaired) electrons. The molecule has 2 aromatic rings. The zero-order valence-corrected chi connectivity index (χ0v) is 17.4. The van der Waals surface area contributed by atoms with Gasteiger partial charge in [-0.25, -0.2) is 0 Å². The van der Waals surface area contributed by atoms with Crippen molar-refractivity contribution in [1.29, 1.82) is 5.26 Å². The number of benzene rings is 1. The van der Waals surface area contributed by atoms with Crippen molar-refractivity contribution in [2.75, 3.05) is 5.32 Å². The molecule has 0 atom stereocenters. The van der Waals surface area contributed by atoms with Crippen LogP contribution in [-0.4, -0.2) is 23.9 Å². The lowest BCUT2D eigenvalue weighted by atomic mass is 10.1. The Bertz CT molecular complexity index is 946.